The minimum absolute atomic E-state index is 0.00231. The highest BCUT2D eigenvalue weighted by Crippen LogP contribution is 2.18. The van der Waals surface area contributed by atoms with Crippen LogP contribution in [0.2, 0.25) is 0 Å². The van der Waals surface area contributed by atoms with Crippen LogP contribution in [0.4, 0.5) is 0 Å². The summed E-state index contributed by atoms with van der Waals surface area (Å²) in [7, 11) is 0. The van der Waals surface area contributed by atoms with Gasteiger partial charge in [0.2, 0.25) is 0 Å². The van der Waals surface area contributed by atoms with Crippen LogP contribution in [0.3, 0.4) is 0 Å². The highest BCUT2D eigenvalue weighted by Gasteiger charge is 2.17. The van der Waals surface area contributed by atoms with E-state index >= 15 is 0 Å². The van der Waals surface area contributed by atoms with Crippen molar-refractivity contribution in [1.29, 1.82) is 0 Å². The van der Waals surface area contributed by atoms with Gasteiger partial charge >= 0.3 is 11.9 Å². The quantitative estimate of drug-likeness (QED) is 0.0572. The minimum atomic E-state index is 0.00231. The molecule has 0 bridgehead atoms. The number of rotatable bonds is 33. The fourth-order valence-corrected chi connectivity index (χ4v) is 5.58. The zero-order valence-corrected chi connectivity index (χ0v) is 28.1. The van der Waals surface area contributed by atoms with Crippen LogP contribution in [-0.2, 0) is 19.1 Å². The van der Waals surface area contributed by atoms with Crippen molar-refractivity contribution in [2.45, 2.75) is 207 Å². The van der Waals surface area contributed by atoms with Crippen molar-refractivity contribution < 1.29 is 19.1 Å². The number of carbonyl (C=O) groups is 2. The van der Waals surface area contributed by atoms with Gasteiger partial charge in [0.15, 0.2) is 0 Å². The summed E-state index contributed by atoms with van der Waals surface area (Å²) in [6.07, 6.45) is 35.1. The molecule has 0 aliphatic rings. The fraction of sp³-hybridized carbons (Fsp3) is 0.946. The molecule has 0 saturated carbocycles. The molecule has 0 aromatic rings. The van der Waals surface area contributed by atoms with Crippen molar-refractivity contribution in [3.8, 4) is 0 Å². The van der Waals surface area contributed by atoms with Crippen molar-refractivity contribution in [3.63, 3.8) is 0 Å². The lowest BCUT2D eigenvalue weighted by Crippen LogP contribution is -2.17. The molecule has 0 heterocycles. The van der Waals surface area contributed by atoms with E-state index in [1.807, 2.05) is 0 Å². The first-order chi connectivity index (χ1) is 20.2. The van der Waals surface area contributed by atoms with Crippen molar-refractivity contribution >= 4 is 11.9 Å². The second-order valence-electron chi connectivity index (χ2n) is 12.5. The lowest BCUT2D eigenvalue weighted by atomic mass is 9.97. The first-order valence-electron chi connectivity index (χ1n) is 18.5. The van der Waals surface area contributed by atoms with E-state index < -0.39 is 0 Å². The van der Waals surface area contributed by atoms with E-state index in [4.69, 9.17) is 9.47 Å². The van der Waals surface area contributed by atoms with Gasteiger partial charge < -0.3 is 9.47 Å². The Labute approximate surface area is 256 Å². The van der Waals surface area contributed by atoms with Crippen LogP contribution in [0.15, 0.2) is 0 Å². The van der Waals surface area contributed by atoms with Gasteiger partial charge in [-0.25, -0.2) is 0 Å². The molecule has 4 nitrogen and oxygen atoms in total. The van der Waals surface area contributed by atoms with E-state index in [1.165, 1.54) is 135 Å². The molecule has 0 spiro atoms. The van der Waals surface area contributed by atoms with Crippen molar-refractivity contribution in [1.82, 2.24) is 0 Å². The van der Waals surface area contributed by atoms with Crippen LogP contribution in [0.1, 0.15) is 207 Å². The van der Waals surface area contributed by atoms with Gasteiger partial charge in [0.25, 0.3) is 0 Å². The van der Waals surface area contributed by atoms with Crippen molar-refractivity contribution in [2.75, 3.05) is 13.2 Å². The van der Waals surface area contributed by atoms with Gasteiger partial charge in [-0.1, -0.05) is 168 Å². The predicted octanol–water partition coefficient (Wildman–Crippen LogP) is 12.1. The summed E-state index contributed by atoms with van der Waals surface area (Å²) in [5.41, 5.74) is 0. The molecule has 0 aliphatic heterocycles. The van der Waals surface area contributed by atoms with E-state index in [9.17, 15) is 9.59 Å². The highest BCUT2D eigenvalue weighted by atomic mass is 16.5. The van der Waals surface area contributed by atoms with Gasteiger partial charge in [-0.05, 0) is 32.1 Å². The minimum Gasteiger partial charge on any atom is -0.466 e. The Bertz CT molecular complexity index is 547. The van der Waals surface area contributed by atoms with E-state index in [1.54, 1.807) is 0 Å². The number of hydrogen-bond acceptors (Lipinski definition) is 4. The topological polar surface area (TPSA) is 52.6 Å². The average molecular weight is 581 g/mol. The third-order valence-corrected chi connectivity index (χ3v) is 8.51. The summed E-state index contributed by atoms with van der Waals surface area (Å²) in [4.78, 5) is 24.2. The smallest absolute Gasteiger partial charge is 0.308 e. The monoisotopic (exact) mass is 581 g/mol. The molecule has 0 radical (unpaired) electrons. The van der Waals surface area contributed by atoms with Crippen LogP contribution in [-0.4, -0.2) is 25.2 Å². The molecule has 0 amide bonds. The second kappa shape index (κ2) is 33.4. The Morgan fingerprint density at radius 1 is 0.439 bits per heavy atom. The maximum atomic E-state index is 12.3. The van der Waals surface area contributed by atoms with E-state index in [0.717, 1.165) is 44.9 Å². The third-order valence-electron chi connectivity index (χ3n) is 8.51. The van der Waals surface area contributed by atoms with Gasteiger partial charge in [0.05, 0.1) is 19.1 Å². The number of hydrogen-bond donors (Lipinski definition) is 0. The van der Waals surface area contributed by atoms with Gasteiger partial charge in [-0.3, -0.25) is 9.59 Å². The molecule has 244 valence electrons. The first-order valence-corrected chi connectivity index (χ1v) is 18.5. The molecule has 0 fully saturated rings. The Morgan fingerprint density at radius 2 is 0.805 bits per heavy atom. The van der Waals surface area contributed by atoms with Gasteiger partial charge in [-0.15, -0.1) is 0 Å². The zero-order valence-electron chi connectivity index (χ0n) is 28.1. The molecule has 0 aromatic carbocycles. The average Bonchev–Trinajstić information content (AvgIpc) is 2.97. The summed E-state index contributed by atoms with van der Waals surface area (Å²) in [6.45, 7) is 7.81. The molecule has 0 aromatic heterocycles. The first kappa shape index (κ1) is 39.9. The van der Waals surface area contributed by atoms with Gasteiger partial charge in [0.1, 0.15) is 0 Å². The second-order valence-corrected chi connectivity index (χ2v) is 12.5. The van der Waals surface area contributed by atoms with Crippen LogP contribution in [0, 0.1) is 5.92 Å². The summed E-state index contributed by atoms with van der Waals surface area (Å²) < 4.78 is 10.9. The molecule has 0 rings (SSSR count). The Balaban J connectivity index is 3.36. The molecule has 0 aliphatic carbocycles. The third kappa shape index (κ3) is 30.2. The van der Waals surface area contributed by atoms with E-state index in [-0.39, 0.29) is 17.9 Å². The van der Waals surface area contributed by atoms with Gasteiger partial charge in [-0.2, -0.15) is 0 Å². The number of esters is 2. The molecule has 1 atom stereocenters. The Kier molecular flexibility index (Phi) is 32.6. The standard InChI is InChI=1S/C37H72O4/c1-4-7-9-11-25-29-33-40-36(38)32-28-24-22-20-18-16-14-13-15-17-19-21-23-27-31-35(6-3)37(39)41-34-30-26-12-10-8-5-2/h35H,4-34H2,1-3H3. The maximum absolute atomic E-state index is 12.3. The number of ether oxygens (including phenoxy) is 2. The molecular weight excluding hydrogens is 508 g/mol. The summed E-state index contributed by atoms with van der Waals surface area (Å²) in [5, 5.41) is 0. The summed E-state index contributed by atoms with van der Waals surface area (Å²) in [5.74, 6) is 0.147. The fourth-order valence-electron chi connectivity index (χ4n) is 5.58. The molecule has 0 saturated heterocycles. The van der Waals surface area contributed by atoms with E-state index in [0.29, 0.717) is 19.6 Å². The Morgan fingerprint density at radius 3 is 1.24 bits per heavy atom. The predicted molar refractivity (Wildman–Crippen MR) is 176 cm³/mol. The van der Waals surface area contributed by atoms with Crippen LogP contribution < -0.4 is 0 Å². The van der Waals surface area contributed by atoms with Crippen LogP contribution in [0.25, 0.3) is 0 Å². The van der Waals surface area contributed by atoms with Crippen LogP contribution >= 0.6 is 0 Å². The zero-order chi connectivity index (χ0) is 30.1. The molecule has 4 heteroatoms. The highest BCUT2D eigenvalue weighted by molar-refractivity contribution is 5.72. The lowest BCUT2D eigenvalue weighted by Gasteiger charge is -2.14. The summed E-state index contributed by atoms with van der Waals surface area (Å²) in [6, 6.07) is 0. The van der Waals surface area contributed by atoms with Gasteiger partial charge in [0, 0.05) is 6.42 Å². The lowest BCUT2D eigenvalue weighted by molar-refractivity contribution is -0.149. The normalized spacial score (nSPS) is 12.0. The van der Waals surface area contributed by atoms with Crippen molar-refractivity contribution in [2.24, 2.45) is 5.92 Å². The Hall–Kier alpha value is -1.06. The maximum Gasteiger partial charge on any atom is 0.308 e. The van der Waals surface area contributed by atoms with Crippen LogP contribution in [0.5, 0.6) is 0 Å². The SMILES string of the molecule is CCCCCCCCOC(=O)CCCCCCCCCCCCCCCCC(CC)C(=O)OCCCCCCCC. The molecule has 41 heavy (non-hydrogen) atoms. The number of unbranched alkanes of at least 4 members (excludes halogenated alkanes) is 23. The van der Waals surface area contributed by atoms with Crippen molar-refractivity contribution in [3.05, 3.63) is 0 Å². The van der Waals surface area contributed by atoms with E-state index in [2.05, 4.69) is 20.8 Å². The molecule has 1 unspecified atom stereocenters. The largest absolute Gasteiger partial charge is 0.466 e. The summed E-state index contributed by atoms with van der Waals surface area (Å²) >= 11 is 0. The number of carbonyl (C=O) groups excluding carboxylic acids is 2. The molecular formula is C37H72O4. The molecule has 0 N–H and O–H groups in total.